The molecule has 2 N–H and O–H groups in total. The van der Waals surface area contributed by atoms with Crippen LogP contribution in [0.4, 0.5) is 23.2 Å². The van der Waals surface area contributed by atoms with E-state index in [-0.39, 0.29) is 12.1 Å². The second-order valence-corrected chi connectivity index (χ2v) is 9.23. The number of carboxylic acids is 1. The molecule has 0 spiro atoms. The van der Waals surface area contributed by atoms with Crippen molar-refractivity contribution in [1.29, 1.82) is 0 Å². The summed E-state index contributed by atoms with van der Waals surface area (Å²) in [4.78, 5) is 26.0. The van der Waals surface area contributed by atoms with Crippen LogP contribution in [0, 0.1) is 23.1 Å². The molecule has 1 saturated carbocycles. The number of carbonyl (C=O) groups is 2. The number of hydrogen-bond acceptors (Lipinski definition) is 3. The highest BCUT2D eigenvalue weighted by atomic mass is 19.4. The maximum atomic E-state index is 14.4. The van der Waals surface area contributed by atoms with Gasteiger partial charge in [-0.3, -0.25) is 14.5 Å². The van der Waals surface area contributed by atoms with Gasteiger partial charge >= 0.3 is 12.1 Å². The Morgan fingerprint density at radius 1 is 1.25 bits per heavy atom. The molecule has 9 heteroatoms. The molecule has 1 saturated heterocycles. The third kappa shape index (κ3) is 5.42. The van der Waals surface area contributed by atoms with E-state index in [9.17, 15) is 32.3 Å². The van der Waals surface area contributed by atoms with Crippen molar-refractivity contribution in [2.45, 2.75) is 64.6 Å². The van der Waals surface area contributed by atoms with Gasteiger partial charge in [0.05, 0.1) is 17.0 Å². The molecule has 5 nitrogen and oxygen atoms in total. The monoisotopic (exact) mass is 458 g/mol. The smallest absolute Gasteiger partial charge is 0.393 e. The number of rotatable bonds is 8. The number of nitrogens with zero attached hydrogens (tertiary/aromatic N) is 1. The topological polar surface area (TPSA) is 69.6 Å². The lowest BCUT2D eigenvalue weighted by atomic mass is 9.90. The molecule has 0 unspecified atom stereocenters. The van der Waals surface area contributed by atoms with E-state index >= 15 is 0 Å². The molecule has 1 aliphatic carbocycles. The van der Waals surface area contributed by atoms with Gasteiger partial charge in [-0.05, 0) is 68.8 Å². The van der Waals surface area contributed by atoms with Gasteiger partial charge in [0.15, 0.2) is 0 Å². The Balaban J connectivity index is 1.79. The zero-order valence-electron chi connectivity index (χ0n) is 18.3. The highest BCUT2D eigenvalue weighted by Crippen LogP contribution is 2.48. The molecule has 2 aliphatic rings. The number of anilines is 1. The van der Waals surface area contributed by atoms with Crippen LogP contribution in [0.1, 0.15) is 51.5 Å². The van der Waals surface area contributed by atoms with Crippen molar-refractivity contribution < 1.29 is 32.3 Å². The van der Waals surface area contributed by atoms with E-state index in [2.05, 4.69) is 5.32 Å². The van der Waals surface area contributed by atoms with E-state index in [4.69, 9.17) is 0 Å². The molecule has 2 fully saturated rings. The molecule has 1 amide bonds. The van der Waals surface area contributed by atoms with Crippen molar-refractivity contribution in [3.8, 4) is 0 Å². The molecule has 1 aromatic carbocycles. The molecule has 0 bridgehead atoms. The number of hydrogen-bond donors (Lipinski definition) is 2. The third-order valence-electron chi connectivity index (χ3n) is 7.02. The summed E-state index contributed by atoms with van der Waals surface area (Å²) < 4.78 is 55.1. The number of amides is 1. The van der Waals surface area contributed by atoms with Crippen molar-refractivity contribution in [2.24, 2.45) is 17.3 Å². The Kier molecular flexibility index (Phi) is 7.17. The fourth-order valence-electron chi connectivity index (χ4n) is 4.52. The van der Waals surface area contributed by atoms with Gasteiger partial charge in [-0.1, -0.05) is 26.3 Å². The van der Waals surface area contributed by atoms with Gasteiger partial charge < -0.3 is 10.4 Å². The number of likely N-dealkylation sites (tertiary alicyclic amines) is 1. The van der Waals surface area contributed by atoms with Gasteiger partial charge in [-0.15, -0.1) is 0 Å². The Hall–Kier alpha value is -2.16. The summed E-state index contributed by atoms with van der Waals surface area (Å²) in [7, 11) is 0. The highest BCUT2D eigenvalue weighted by molar-refractivity contribution is 5.95. The van der Waals surface area contributed by atoms with Gasteiger partial charge in [0.1, 0.15) is 11.9 Å². The third-order valence-corrected chi connectivity index (χ3v) is 7.02. The van der Waals surface area contributed by atoms with Gasteiger partial charge in [-0.25, -0.2) is 4.39 Å². The molecule has 0 aromatic heterocycles. The molecular weight excluding hydrogens is 428 g/mol. The summed E-state index contributed by atoms with van der Waals surface area (Å²) in [6.07, 6.45) is -1.00. The zero-order valence-corrected chi connectivity index (χ0v) is 18.3. The number of carboxylic acid groups (broad SMARTS) is 1. The van der Waals surface area contributed by atoms with E-state index in [1.807, 2.05) is 6.92 Å². The second kappa shape index (κ2) is 9.37. The molecule has 1 heterocycles. The van der Waals surface area contributed by atoms with Crippen LogP contribution in [-0.4, -0.2) is 47.2 Å². The summed E-state index contributed by atoms with van der Waals surface area (Å²) in [5, 5.41) is 11.7. The van der Waals surface area contributed by atoms with Crippen LogP contribution >= 0.6 is 0 Å². The molecule has 2 atom stereocenters. The molecule has 178 valence electrons. The number of piperidine rings is 1. The first kappa shape index (κ1) is 24.5. The van der Waals surface area contributed by atoms with Crippen LogP contribution in [0.5, 0.6) is 0 Å². The second-order valence-electron chi connectivity index (χ2n) is 9.23. The Morgan fingerprint density at radius 2 is 1.88 bits per heavy atom. The van der Waals surface area contributed by atoms with Crippen LogP contribution in [-0.2, 0) is 16.0 Å². The number of halogens is 4. The summed E-state index contributed by atoms with van der Waals surface area (Å²) >= 11 is 0. The number of carbonyl (C=O) groups excluding carboxylic acids is 1. The van der Waals surface area contributed by atoms with Crippen molar-refractivity contribution in [3.05, 3.63) is 29.6 Å². The summed E-state index contributed by atoms with van der Waals surface area (Å²) in [6.45, 7) is 3.77. The minimum Gasteiger partial charge on any atom is -0.481 e. The molecule has 1 aromatic rings. The van der Waals surface area contributed by atoms with Gasteiger partial charge in [0.2, 0.25) is 5.91 Å². The predicted molar refractivity (Wildman–Crippen MR) is 112 cm³/mol. The maximum absolute atomic E-state index is 14.4. The average molecular weight is 458 g/mol. The SMILES string of the molecule is CCC1CCN([C@@H](C(=O)Nc2cc(CC3(C(=O)O)CC3)ccc2F)[C@@H](C)C(F)(F)F)CC1. The Labute approximate surface area is 185 Å². The van der Waals surface area contributed by atoms with Crippen LogP contribution in [0.15, 0.2) is 18.2 Å². The molecule has 1 aliphatic heterocycles. The van der Waals surface area contributed by atoms with E-state index in [1.165, 1.54) is 12.1 Å². The van der Waals surface area contributed by atoms with Crippen molar-refractivity contribution >= 4 is 17.6 Å². The van der Waals surface area contributed by atoms with Crippen molar-refractivity contribution in [3.63, 3.8) is 0 Å². The average Bonchev–Trinajstić information content (AvgIpc) is 3.51. The summed E-state index contributed by atoms with van der Waals surface area (Å²) in [6, 6.07) is 2.41. The van der Waals surface area contributed by atoms with E-state index in [0.29, 0.717) is 50.3 Å². The van der Waals surface area contributed by atoms with Crippen LogP contribution in [0.25, 0.3) is 0 Å². The molecule has 3 rings (SSSR count). The van der Waals surface area contributed by atoms with E-state index < -0.39 is 41.2 Å². The number of aliphatic carboxylic acids is 1. The standard InChI is InChI=1S/C23H30F4N2O3/c1-3-15-6-10-29(11-7-15)19(14(2)23(25,26)27)20(30)28-18-12-16(4-5-17(18)24)13-22(8-9-22)21(31)32/h4-5,12,14-15,19H,3,6-11,13H2,1-2H3,(H,28,30)(H,31,32)/t14-,19-/m1/s1. The number of alkyl halides is 3. The van der Waals surface area contributed by atoms with Gasteiger partial charge in [0.25, 0.3) is 0 Å². The van der Waals surface area contributed by atoms with Gasteiger partial charge in [-0.2, -0.15) is 13.2 Å². The lowest BCUT2D eigenvalue weighted by Gasteiger charge is -2.39. The van der Waals surface area contributed by atoms with E-state index in [1.54, 1.807) is 4.90 Å². The van der Waals surface area contributed by atoms with Crippen molar-refractivity contribution in [1.82, 2.24) is 4.90 Å². The lowest BCUT2D eigenvalue weighted by molar-refractivity contribution is -0.189. The fraction of sp³-hybridized carbons (Fsp3) is 0.652. The summed E-state index contributed by atoms with van der Waals surface area (Å²) in [5.74, 6) is -4.10. The van der Waals surface area contributed by atoms with Gasteiger partial charge in [0, 0.05) is 0 Å². The first-order valence-corrected chi connectivity index (χ1v) is 11.1. The molecule has 0 radical (unpaired) electrons. The minimum atomic E-state index is -4.58. The summed E-state index contributed by atoms with van der Waals surface area (Å²) in [5.41, 5.74) is -0.585. The Morgan fingerprint density at radius 3 is 2.38 bits per heavy atom. The fourth-order valence-corrected chi connectivity index (χ4v) is 4.52. The van der Waals surface area contributed by atoms with Crippen LogP contribution in [0.3, 0.4) is 0 Å². The van der Waals surface area contributed by atoms with Crippen LogP contribution in [0.2, 0.25) is 0 Å². The first-order valence-electron chi connectivity index (χ1n) is 11.1. The van der Waals surface area contributed by atoms with Crippen molar-refractivity contribution in [2.75, 3.05) is 18.4 Å². The highest BCUT2D eigenvalue weighted by Gasteiger charge is 2.50. The zero-order chi connectivity index (χ0) is 23.7. The number of nitrogens with one attached hydrogen (secondary N) is 1. The largest absolute Gasteiger partial charge is 0.481 e. The molecular formula is C23H30F4N2O3. The quantitative estimate of drug-likeness (QED) is 0.546. The Bertz CT molecular complexity index is 846. The number of benzene rings is 1. The normalized spacial score (nSPS) is 21.1. The maximum Gasteiger partial charge on any atom is 0.393 e. The van der Waals surface area contributed by atoms with Crippen LogP contribution < -0.4 is 5.32 Å². The lowest BCUT2D eigenvalue weighted by Crippen LogP contribution is -2.54. The minimum absolute atomic E-state index is 0.179. The van der Waals surface area contributed by atoms with E-state index in [0.717, 1.165) is 19.4 Å². The molecule has 32 heavy (non-hydrogen) atoms. The predicted octanol–water partition coefficient (Wildman–Crippen LogP) is 4.86. The first-order chi connectivity index (χ1) is 15.0.